The maximum atomic E-state index is 14.0. The molecule has 7 N–H and O–H groups in total. The first-order valence-corrected chi connectivity index (χ1v) is 20.5. The average molecular weight is 1050 g/mol. The molecule has 0 aromatic carbocycles. The minimum Gasteiger partial charge on any atom is -0.390 e. The van der Waals surface area contributed by atoms with Gasteiger partial charge in [0.05, 0.1) is 0 Å². The Bertz CT molecular complexity index is 1560. The lowest BCUT2D eigenvalue weighted by atomic mass is 9.90. The molecular weight excluding hydrogens is 1020 g/mol. The molecule has 0 aliphatic rings. The number of nitrogens with one attached hydrogen (secondary N) is 3. The van der Waals surface area contributed by atoms with Gasteiger partial charge in [0, 0.05) is 58.2 Å². The zero-order valence-electron chi connectivity index (χ0n) is 30.9. The minimum absolute atomic E-state index is 0.150. The van der Waals surface area contributed by atoms with E-state index in [9.17, 15) is 142 Å². The third kappa shape index (κ3) is 11.9. The fourth-order valence-electron chi connectivity index (χ4n) is 4.30. The Morgan fingerprint density at radius 1 is 0.453 bits per heavy atom. The van der Waals surface area contributed by atoms with Crippen molar-refractivity contribution in [2.45, 2.75) is 109 Å². The third-order valence-corrected chi connectivity index (χ3v) is 12.7. The predicted octanol–water partition coefficient (Wildman–Crippen LogP) is 7.46. The van der Waals surface area contributed by atoms with Crippen molar-refractivity contribution in [3.05, 3.63) is 11.9 Å². The Kier molecular flexibility index (Phi) is 18.8. The van der Waals surface area contributed by atoms with E-state index in [4.69, 9.17) is 0 Å². The fourth-order valence-corrected chi connectivity index (χ4v) is 8.48. The van der Waals surface area contributed by atoms with Gasteiger partial charge >= 0.3 is 94.9 Å². The molecule has 0 heterocycles. The molecule has 38 heteroatoms. The molecule has 0 saturated heterocycles. The molecule has 64 heavy (non-hydrogen) atoms. The van der Waals surface area contributed by atoms with E-state index in [2.05, 4.69) is 14.7 Å². The topological polar surface area (TPSA) is 126 Å². The smallest absolute Gasteiger partial charge is 0.390 e. The van der Waals surface area contributed by atoms with Gasteiger partial charge in [-0.1, -0.05) is 0 Å². The van der Waals surface area contributed by atoms with Crippen molar-refractivity contribution in [3.8, 4) is 0 Å². The second kappa shape index (κ2) is 19.5. The standard InChI is InChI=1S/C26H31F28N3O5Si2/c1-14(28,29)17(34,35)20(40,41)21(42,43)18(36,37)15(30,31)4-12-64(60,61)62-63(58,59)11-2-5-55-7-9-57-10-8-56-6-3-13(27)16(32,33)19(38,39)22(44,45)23(46,47)24(48,49)25(50,51)26(52,53)54/h3,55-61H,2,4-12H2,1H3/b13-3-. The lowest BCUT2D eigenvalue weighted by Gasteiger charge is -2.41. The number of alkyl halides is 27. The van der Waals surface area contributed by atoms with Crippen LogP contribution < -0.4 is 16.0 Å². The van der Waals surface area contributed by atoms with Crippen LogP contribution in [0.4, 0.5) is 123 Å². The van der Waals surface area contributed by atoms with Gasteiger partial charge in [0.15, 0.2) is 5.83 Å². The molecule has 0 radical (unpaired) electrons. The molecule has 0 aromatic rings. The highest BCUT2D eigenvalue weighted by molar-refractivity contribution is 6.72. The van der Waals surface area contributed by atoms with Gasteiger partial charge in [-0.2, -0.15) is 119 Å². The zero-order chi connectivity index (χ0) is 51.7. The number of rotatable bonds is 28. The summed E-state index contributed by atoms with van der Waals surface area (Å²) in [5.74, 6) is -96.5. The Balaban J connectivity index is 5.06. The molecule has 0 spiro atoms. The Morgan fingerprint density at radius 3 is 1.22 bits per heavy atom. The van der Waals surface area contributed by atoms with E-state index >= 15 is 0 Å². The van der Waals surface area contributed by atoms with Gasteiger partial charge in [-0.25, -0.2) is 4.39 Å². The summed E-state index contributed by atoms with van der Waals surface area (Å²) in [6.45, 7) is -3.97. The van der Waals surface area contributed by atoms with Gasteiger partial charge in [0.1, 0.15) is 0 Å². The zero-order valence-corrected chi connectivity index (χ0v) is 32.9. The largest absolute Gasteiger partial charge is 0.488 e. The van der Waals surface area contributed by atoms with Crippen molar-refractivity contribution in [1.82, 2.24) is 16.0 Å². The van der Waals surface area contributed by atoms with Crippen LogP contribution in [0.1, 0.15) is 19.8 Å². The Hall–Kier alpha value is -2.11. The van der Waals surface area contributed by atoms with Gasteiger partial charge in [-0.15, -0.1) is 0 Å². The predicted molar refractivity (Wildman–Crippen MR) is 159 cm³/mol. The van der Waals surface area contributed by atoms with E-state index < -0.39 is 152 Å². The van der Waals surface area contributed by atoms with Crippen molar-refractivity contribution in [1.29, 1.82) is 0 Å². The van der Waals surface area contributed by atoms with Crippen LogP contribution in [0.25, 0.3) is 0 Å². The molecule has 0 aromatic heterocycles. The second-order valence-electron chi connectivity index (χ2n) is 13.3. The van der Waals surface area contributed by atoms with Gasteiger partial charge in [0.2, 0.25) is 0 Å². The molecule has 0 atom stereocenters. The van der Waals surface area contributed by atoms with Gasteiger partial charge < -0.3 is 39.2 Å². The molecule has 0 aliphatic carbocycles. The SMILES string of the molecule is CC(F)(F)C(F)(F)C(F)(F)C(F)(F)C(F)(F)C(F)(F)CC[Si](O)(O)O[Si](O)(O)CCCNCCNCCNC/C=C(\F)C(F)(F)C(F)(F)C(F)(F)C(F)(F)C(F)(F)C(F)(F)C(F)(F)F. The molecule has 0 saturated carbocycles. The average Bonchev–Trinajstić information content (AvgIpc) is 3.08. The van der Waals surface area contributed by atoms with E-state index in [-0.39, 0.29) is 26.2 Å². The minimum atomic E-state index is -8.61. The van der Waals surface area contributed by atoms with Crippen molar-refractivity contribution in [3.63, 3.8) is 0 Å². The van der Waals surface area contributed by atoms with Crippen LogP contribution in [0.2, 0.25) is 12.1 Å². The van der Waals surface area contributed by atoms with Crippen LogP contribution in [-0.4, -0.2) is 153 Å². The quantitative estimate of drug-likeness (QED) is 0.0245. The van der Waals surface area contributed by atoms with Crippen LogP contribution in [-0.2, 0) is 4.12 Å². The molecule has 384 valence electrons. The summed E-state index contributed by atoms with van der Waals surface area (Å²) in [4.78, 5) is 39.0. The lowest BCUT2D eigenvalue weighted by molar-refractivity contribution is -0.450. The summed E-state index contributed by atoms with van der Waals surface area (Å²) in [5.41, 5.74) is 0. The van der Waals surface area contributed by atoms with Crippen LogP contribution in [0.3, 0.4) is 0 Å². The first-order chi connectivity index (χ1) is 27.8. The Morgan fingerprint density at radius 2 is 0.797 bits per heavy atom. The summed E-state index contributed by atoms with van der Waals surface area (Å²) in [7, 11) is -11.5. The maximum absolute atomic E-state index is 14.0. The molecule has 0 bridgehead atoms. The van der Waals surface area contributed by atoms with Crippen LogP contribution in [0, 0.1) is 0 Å². The first kappa shape index (κ1) is 61.9. The van der Waals surface area contributed by atoms with E-state index in [1.807, 2.05) is 5.32 Å². The van der Waals surface area contributed by atoms with E-state index in [1.54, 1.807) is 0 Å². The molecular formula is C26H31F28N3O5Si2. The normalized spacial score (nSPS) is 16.2. The summed E-state index contributed by atoms with van der Waals surface area (Å²) in [6.07, 6.45) is -12.1. The van der Waals surface area contributed by atoms with Crippen molar-refractivity contribution in [2.75, 3.05) is 39.3 Å². The van der Waals surface area contributed by atoms with Crippen molar-refractivity contribution in [2.24, 2.45) is 0 Å². The van der Waals surface area contributed by atoms with Crippen LogP contribution in [0.15, 0.2) is 11.9 Å². The number of allylic oxidation sites excluding steroid dienone is 1. The maximum Gasteiger partial charge on any atom is 0.488 e. The summed E-state index contributed by atoms with van der Waals surface area (Å²) >= 11 is 0. The second-order valence-corrected chi connectivity index (χ2v) is 18.1. The monoisotopic (exact) mass is 1050 g/mol. The highest BCUT2D eigenvalue weighted by atomic mass is 28.5. The van der Waals surface area contributed by atoms with E-state index in [1.165, 1.54) is 0 Å². The van der Waals surface area contributed by atoms with Gasteiger partial charge in [-0.3, -0.25) is 0 Å². The van der Waals surface area contributed by atoms with Crippen molar-refractivity contribution >= 4 is 17.6 Å². The van der Waals surface area contributed by atoms with E-state index in [0.29, 0.717) is 0 Å². The highest BCUT2D eigenvalue weighted by Gasteiger charge is 2.94. The third-order valence-electron chi connectivity index (χ3n) is 8.15. The molecule has 0 fully saturated rings. The summed E-state index contributed by atoms with van der Waals surface area (Å²) in [5, 5.41) is 6.85. The van der Waals surface area contributed by atoms with Crippen molar-refractivity contribution < 1.29 is 146 Å². The molecule has 0 amide bonds. The Labute approximate surface area is 340 Å². The highest BCUT2D eigenvalue weighted by Crippen LogP contribution is 2.64. The van der Waals surface area contributed by atoms with Gasteiger partial charge in [0.25, 0.3) is 0 Å². The summed E-state index contributed by atoms with van der Waals surface area (Å²) in [6, 6.07) is -3.35. The van der Waals surface area contributed by atoms with E-state index in [0.717, 1.165) is 0 Å². The molecule has 0 unspecified atom stereocenters. The number of halogens is 28. The van der Waals surface area contributed by atoms with Crippen LogP contribution in [0.5, 0.6) is 0 Å². The molecule has 0 aliphatic heterocycles. The fraction of sp³-hybridized carbons (Fsp3) is 0.923. The summed E-state index contributed by atoms with van der Waals surface area (Å²) < 4.78 is 379. The first-order valence-electron chi connectivity index (χ1n) is 16.5. The lowest BCUT2D eigenvalue weighted by Crippen LogP contribution is -2.72. The number of hydrogen-bond donors (Lipinski definition) is 7. The number of hydrogen-bond acceptors (Lipinski definition) is 8. The molecule has 0 rings (SSSR count). The van der Waals surface area contributed by atoms with Crippen LogP contribution >= 0.6 is 0 Å². The van der Waals surface area contributed by atoms with Gasteiger partial charge in [-0.05, 0) is 19.0 Å². The molecule has 8 nitrogen and oxygen atoms in total.